The molecule has 0 saturated heterocycles. The number of carbonyl (C=O) groups is 2. The summed E-state index contributed by atoms with van der Waals surface area (Å²) in [6.07, 6.45) is -0.357. The second-order valence-electron chi connectivity index (χ2n) is 5.69. The summed E-state index contributed by atoms with van der Waals surface area (Å²) in [4.78, 5) is 27.6. The molecular weight excluding hydrogens is 330 g/mol. The molecule has 1 aromatic carbocycles. The molecule has 1 aromatic rings. The quantitative estimate of drug-likeness (QED) is 0.717. The summed E-state index contributed by atoms with van der Waals surface area (Å²) < 4.78 is 21.2. The van der Waals surface area contributed by atoms with Gasteiger partial charge in [-0.15, -0.1) is 0 Å². The summed E-state index contributed by atoms with van der Waals surface area (Å²) in [7, 11) is 0. The molecule has 130 valence electrons. The number of anilines is 1. The molecule has 3 heterocycles. The molecule has 0 aromatic heterocycles. The lowest BCUT2D eigenvalue weighted by molar-refractivity contribution is -0.384. The van der Waals surface area contributed by atoms with Gasteiger partial charge < -0.3 is 29.6 Å². The van der Waals surface area contributed by atoms with Crippen molar-refractivity contribution in [3.05, 3.63) is 29.3 Å². The number of rotatable bonds is 1. The van der Waals surface area contributed by atoms with Crippen molar-refractivity contribution < 1.29 is 28.5 Å². The maximum atomic E-state index is 11.7. The Morgan fingerprint density at radius 1 is 1.08 bits per heavy atom. The summed E-state index contributed by atoms with van der Waals surface area (Å²) >= 11 is 0. The van der Waals surface area contributed by atoms with E-state index in [9.17, 15) is 9.59 Å². The zero-order valence-electron chi connectivity index (χ0n) is 13.5. The van der Waals surface area contributed by atoms with Gasteiger partial charge in [0, 0.05) is 29.9 Å². The third-order valence-corrected chi connectivity index (χ3v) is 3.86. The standard InChI is InChI=1S/C16H15N3O6/c1-8-7-10(19-15-17-5-6-18-15)9(2)14-13(8)24-16(25-14)22-11(20)3-4-12(21)23-16/h3-4,7H,5-6H2,1-2H3,(H2,17,18,19). The highest BCUT2D eigenvalue weighted by molar-refractivity contribution is 5.96. The second-order valence-corrected chi connectivity index (χ2v) is 5.69. The molecule has 9 heteroatoms. The van der Waals surface area contributed by atoms with Crippen LogP contribution in [0.2, 0.25) is 0 Å². The summed E-state index contributed by atoms with van der Waals surface area (Å²) in [6.45, 7) is 5.07. The van der Waals surface area contributed by atoms with E-state index in [0.717, 1.165) is 24.4 Å². The lowest BCUT2D eigenvalue weighted by atomic mass is 10.1. The predicted molar refractivity (Wildman–Crippen MR) is 85.2 cm³/mol. The van der Waals surface area contributed by atoms with Crippen molar-refractivity contribution in [2.45, 2.75) is 20.0 Å². The Labute approximate surface area is 142 Å². The van der Waals surface area contributed by atoms with E-state index in [1.54, 1.807) is 13.8 Å². The highest BCUT2D eigenvalue weighted by atomic mass is 17.0. The Balaban J connectivity index is 1.69. The molecule has 0 unspecified atom stereocenters. The van der Waals surface area contributed by atoms with Crippen LogP contribution < -0.4 is 20.1 Å². The van der Waals surface area contributed by atoms with E-state index in [1.165, 1.54) is 0 Å². The van der Waals surface area contributed by atoms with Gasteiger partial charge in [0.2, 0.25) is 0 Å². The first-order valence-corrected chi connectivity index (χ1v) is 7.67. The van der Waals surface area contributed by atoms with E-state index in [0.29, 0.717) is 35.1 Å². The van der Waals surface area contributed by atoms with Crippen molar-refractivity contribution in [1.29, 1.82) is 0 Å². The van der Waals surface area contributed by atoms with Crippen LogP contribution in [0.15, 0.2) is 23.2 Å². The first-order valence-electron chi connectivity index (χ1n) is 7.67. The topological polar surface area (TPSA) is 107 Å². The van der Waals surface area contributed by atoms with Crippen molar-refractivity contribution in [3.8, 4) is 11.5 Å². The van der Waals surface area contributed by atoms with Crippen molar-refractivity contribution in [2.75, 3.05) is 18.4 Å². The monoisotopic (exact) mass is 345 g/mol. The Morgan fingerprint density at radius 2 is 1.76 bits per heavy atom. The molecule has 3 aliphatic rings. The zero-order chi connectivity index (χ0) is 17.6. The van der Waals surface area contributed by atoms with Gasteiger partial charge in [0.05, 0.1) is 6.54 Å². The van der Waals surface area contributed by atoms with Crippen LogP contribution in [0.25, 0.3) is 0 Å². The van der Waals surface area contributed by atoms with E-state index in [1.807, 2.05) is 6.07 Å². The molecule has 0 atom stereocenters. The van der Waals surface area contributed by atoms with E-state index in [4.69, 9.17) is 18.9 Å². The number of hydrogen-bond donors (Lipinski definition) is 2. The van der Waals surface area contributed by atoms with Crippen LogP contribution in [0.4, 0.5) is 5.69 Å². The largest absolute Gasteiger partial charge is 0.616 e. The second kappa shape index (κ2) is 5.40. The maximum absolute atomic E-state index is 11.7. The number of fused-ring (bicyclic) bond motifs is 1. The maximum Gasteiger partial charge on any atom is 0.616 e. The number of nitrogens with zero attached hydrogens (tertiary/aromatic N) is 1. The number of carbonyl (C=O) groups excluding carboxylic acids is 2. The number of nitrogens with one attached hydrogen (secondary N) is 2. The smallest absolute Gasteiger partial charge is 0.382 e. The molecule has 0 amide bonds. The number of guanidine groups is 1. The average Bonchev–Trinajstić information content (AvgIpc) is 3.15. The number of aryl methyl sites for hydroxylation is 1. The minimum atomic E-state index is -2.25. The van der Waals surface area contributed by atoms with E-state index < -0.39 is 18.1 Å². The number of ether oxygens (including phenoxy) is 4. The van der Waals surface area contributed by atoms with Crippen molar-refractivity contribution in [2.24, 2.45) is 4.99 Å². The van der Waals surface area contributed by atoms with Gasteiger partial charge in [0.1, 0.15) is 0 Å². The Bertz CT molecular complexity index is 825. The fourth-order valence-electron chi connectivity index (χ4n) is 2.68. The molecule has 3 aliphatic heterocycles. The minimum absolute atomic E-state index is 0.323. The third kappa shape index (κ3) is 2.63. The molecule has 0 bridgehead atoms. The van der Waals surface area contributed by atoms with Crippen LogP contribution in [-0.4, -0.2) is 37.1 Å². The average molecular weight is 345 g/mol. The van der Waals surface area contributed by atoms with Gasteiger partial charge in [0.15, 0.2) is 17.5 Å². The van der Waals surface area contributed by atoms with Gasteiger partial charge >= 0.3 is 18.1 Å². The summed E-state index contributed by atoms with van der Waals surface area (Å²) in [5.74, 6) is -0.295. The molecule has 9 nitrogen and oxygen atoms in total. The van der Waals surface area contributed by atoms with Crippen LogP contribution in [0.3, 0.4) is 0 Å². The van der Waals surface area contributed by atoms with Gasteiger partial charge in [-0.05, 0) is 25.5 Å². The highest BCUT2D eigenvalue weighted by Gasteiger charge is 2.53. The Morgan fingerprint density at radius 3 is 2.40 bits per heavy atom. The van der Waals surface area contributed by atoms with Gasteiger partial charge in [-0.3, -0.25) is 4.99 Å². The summed E-state index contributed by atoms with van der Waals surface area (Å²) in [5.41, 5.74) is 2.15. The van der Waals surface area contributed by atoms with Gasteiger partial charge in [-0.2, -0.15) is 0 Å². The lowest BCUT2D eigenvalue weighted by Gasteiger charge is -2.21. The van der Waals surface area contributed by atoms with E-state index >= 15 is 0 Å². The molecule has 25 heavy (non-hydrogen) atoms. The van der Waals surface area contributed by atoms with Crippen LogP contribution in [-0.2, 0) is 19.1 Å². The van der Waals surface area contributed by atoms with Gasteiger partial charge in [0.25, 0.3) is 0 Å². The Hall–Kier alpha value is -3.23. The SMILES string of the molecule is Cc1cc(NC2=NCCN2)c(C)c2c1OC1(OC(=O)C=CC(=O)O1)O2. The molecule has 2 N–H and O–H groups in total. The fraction of sp³-hybridized carbons (Fsp3) is 0.312. The van der Waals surface area contributed by atoms with E-state index in [-0.39, 0.29) is 0 Å². The molecule has 0 saturated carbocycles. The van der Waals surface area contributed by atoms with Crippen LogP contribution in [0, 0.1) is 13.8 Å². The summed E-state index contributed by atoms with van der Waals surface area (Å²) in [6, 6.07) is 1.84. The number of aliphatic imine (C=N–C) groups is 1. The van der Waals surface area contributed by atoms with Crippen molar-refractivity contribution >= 4 is 23.6 Å². The third-order valence-electron chi connectivity index (χ3n) is 3.86. The molecular formula is C16H15N3O6. The predicted octanol–water partition coefficient (Wildman–Crippen LogP) is 0.713. The fourth-order valence-corrected chi connectivity index (χ4v) is 2.68. The van der Waals surface area contributed by atoms with E-state index in [2.05, 4.69) is 15.6 Å². The van der Waals surface area contributed by atoms with Crippen molar-refractivity contribution in [3.63, 3.8) is 0 Å². The molecule has 0 fully saturated rings. The first kappa shape index (κ1) is 15.3. The number of esters is 2. The lowest BCUT2D eigenvalue weighted by Crippen LogP contribution is -2.46. The highest BCUT2D eigenvalue weighted by Crippen LogP contribution is 2.48. The van der Waals surface area contributed by atoms with Crippen LogP contribution in [0.5, 0.6) is 11.5 Å². The normalized spacial score (nSPS) is 19.8. The molecule has 0 aliphatic carbocycles. The van der Waals surface area contributed by atoms with Crippen molar-refractivity contribution in [1.82, 2.24) is 5.32 Å². The number of hydrogen-bond acceptors (Lipinski definition) is 9. The van der Waals surface area contributed by atoms with Crippen LogP contribution >= 0.6 is 0 Å². The Kier molecular flexibility index (Phi) is 3.31. The van der Waals surface area contributed by atoms with Gasteiger partial charge in [-0.25, -0.2) is 9.59 Å². The van der Waals surface area contributed by atoms with Crippen LogP contribution in [0.1, 0.15) is 11.1 Å². The number of benzene rings is 1. The summed E-state index contributed by atoms with van der Waals surface area (Å²) in [5, 5.41) is 6.29. The molecule has 4 rings (SSSR count). The first-order chi connectivity index (χ1) is 12.0. The minimum Gasteiger partial charge on any atom is -0.382 e. The molecule has 1 spiro atoms. The zero-order valence-corrected chi connectivity index (χ0v) is 13.5. The van der Waals surface area contributed by atoms with Gasteiger partial charge in [-0.1, -0.05) is 0 Å². The molecule has 0 radical (unpaired) electrons.